The van der Waals surface area contributed by atoms with Crippen LogP contribution in [0.1, 0.15) is 32.2 Å². The summed E-state index contributed by atoms with van der Waals surface area (Å²) >= 11 is 6.21. The van der Waals surface area contributed by atoms with Gasteiger partial charge in [-0.2, -0.15) is 5.10 Å². The van der Waals surface area contributed by atoms with Crippen LogP contribution in [0.3, 0.4) is 0 Å². The molecular formula is C12H22ClN3O2S. The van der Waals surface area contributed by atoms with Crippen LogP contribution in [-0.2, 0) is 28.6 Å². The van der Waals surface area contributed by atoms with Crippen LogP contribution >= 0.6 is 11.6 Å². The van der Waals surface area contributed by atoms with Gasteiger partial charge >= 0.3 is 0 Å². The van der Waals surface area contributed by atoms with E-state index < -0.39 is 9.84 Å². The van der Waals surface area contributed by atoms with E-state index in [0.29, 0.717) is 30.2 Å². The van der Waals surface area contributed by atoms with Crippen LogP contribution in [0.5, 0.6) is 0 Å². The first kappa shape index (κ1) is 16.5. The normalized spacial score (nSPS) is 13.7. The summed E-state index contributed by atoms with van der Waals surface area (Å²) in [5.74, 6) is -0.0415. The summed E-state index contributed by atoms with van der Waals surface area (Å²) in [5, 5.41) is 4.81. The highest BCUT2D eigenvalue weighted by atomic mass is 35.5. The van der Waals surface area contributed by atoms with Gasteiger partial charge in [-0.15, -0.1) is 0 Å². The maximum Gasteiger partial charge on any atom is 0.156 e. The molecule has 0 radical (unpaired) electrons. The Morgan fingerprint density at radius 1 is 1.42 bits per heavy atom. The first-order valence-corrected chi connectivity index (χ1v) is 8.69. The third-order valence-electron chi connectivity index (χ3n) is 2.99. The van der Waals surface area contributed by atoms with Gasteiger partial charge in [-0.25, -0.2) is 8.42 Å². The maximum absolute atomic E-state index is 12.1. The van der Waals surface area contributed by atoms with Gasteiger partial charge in [0.2, 0.25) is 0 Å². The molecule has 0 saturated carbocycles. The summed E-state index contributed by atoms with van der Waals surface area (Å²) in [6.45, 7) is 6.66. The second-order valence-electron chi connectivity index (χ2n) is 4.77. The maximum atomic E-state index is 12.1. The number of aryl methyl sites for hydroxylation is 2. The Morgan fingerprint density at radius 2 is 2.05 bits per heavy atom. The molecule has 0 aromatic carbocycles. The molecule has 5 nitrogen and oxygen atoms in total. The third-order valence-corrected chi connectivity index (χ3v) is 5.22. The van der Waals surface area contributed by atoms with E-state index in [2.05, 4.69) is 5.10 Å². The topological polar surface area (TPSA) is 78.0 Å². The van der Waals surface area contributed by atoms with Crippen molar-refractivity contribution in [1.82, 2.24) is 9.78 Å². The zero-order valence-electron chi connectivity index (χ0n) is 11.7. The lowest BCUT2D eigenvalue weighted by atomic mass is 10.2. The van der Waals surface area contributed by atoms with Crippen LogP contribution in [0.4, 0.5) is 0 Å². The van der Waals surface area contributed by atoms with Gasteiger partial charge in [-0.05, 0) is 25.8 Å². The largest absolute Gasteiger partial charge is 0.330 e. The highest BCUT2D eigenvalue weighted by Gasteiger charge is 2.22. The Kier molecular flexibility index (Phi) is 5.82. The van der Waals surface area contributed by atoms with Gasteiger partial charge < -0.3 is 5.73 Å². The Labute approximate surface area is 120 Å². The SMILES string of the molecule is CCc1nn(CC)c(CS(=O)(=O)CC(C)CN)c1Cl. The second kappa shape index (κ2) is 6.72. The monoisotopic (exact) mass is 307 g/mol. The summed E-state index contributed by atoms with van der Waals surface area (Å²) in [4.78, 5) is 0. The first-order chi connectivity index (χ1) is 8.84. The molecule has 2 N–H and O–H groups in total. The average molecular weight is 308 g/mol. The van der Waals surface area contributed by atoms with Crippen LogP contribution in [0.25, 0.3) is 0 Å². The highest BCUT2D eigenvalue weighted by Crippen LogP contribution is 2.24. The van der Waals surface area contributed by atoms with Crippen LogP contribution < -0.4 is 5.73 Å². The van der Waals surface area contributed by atoms with Crippen molar-refractivity contribution in [3.8, 4) is 0 Å². The lowest BCUT2D eigenvalue weighted by Crippen LogP contribution is -2.23. The highest BCUT2D eigenvalue weighted by molar-refractivity contribution is 7.90. The van der Waals surface area contributed by atoms with Gasteiger partial charge in [-0.3, -0.25) is 4.68 Å². The number of nitrogens with two attached hydrogens (primary N) is 1. The molecule has 0 amide bonds. The summed E-state index contributed by atoms with van der Waals surface area (Å²) in [7, 11) is -3.22. The molecule has 1 unspecified atom stereocenters. The van der Waals surface area contributed by atoms with Gasteiger partial charge in [0.25, 0.3) is 0 Å². The molecule has 1 heterocycles. The zero-order valence-corrected chi connectivity index (χ0v) is 13.3. The van der Waals surface area contributed by atoms with Crippen LogP contribution in [0, 0.1) is 5.92 Å². The summed E-state index contributed by atoms with van der Waals surface area (Å²) in [6, 6.07) is 0. The Hall–Kier alpha value is -0.590. The predicted octanol–water partition coefficient (Wildman–Crippen LogP) is 1.63. The van der Waals surface area contributed by atoms with Crippen molar-refractivity contribution < 1.29 is 8.42 Å². The lowest BCUT2D eigenvalue weighted by molar-refractivity contribution is 0.566. The van der Waals surface area contributed by atoms with E-state index in [1.165, 1.54) is 0 Å². The Balaban J connectivity index is 3.01. The van der Waals surface area contributed by atoms with Crippen molar-refractivity contribution in [2.75, 3.05) is 12.3 Å². The quantitative estimate of drug-likeness (QED) is 0.830. The van der Waals surface area contributed by atoms with Crippen LogP contribution in [0.2, 0.25) is 5.02 Å². The van der Waals surface area contributed by atoms with Crippen molar-refractivity contribution in [3.05, 3.63) is 16.4 Å². The molecule has 1 aromatic rings. The summed E-state index contributed by atoms with van der Waals surface area (Å²) in [5.41, 5.74) is 6.81. The second-order valence-corrected chi connectivity index (χ2v) is 7.26. The number of sulfone groups is 1. The number of aromatic nitrogens is 2. The van der Waals surface area contributed by atoms with E-state index >= 15 is 0 Å². The molecule has 7 heteroatoms. The average Bonchev–Trinajstić information content (AvgIpc) is 2.65. The molecular weight excluding hydrogens is 286 g/mol. The molecule has 0 fully saturated rings. The van der Waals surface area contributed by atoms with Crippen LogP contribution in [-0.4, -0.2) is 30.5 Å². The molecule has 1 rings (SSSR count). The summed E-state index contributed by atoms with van der Waals surface area (Å²) < 4.78 is 25.9. The molecule has 1 atom stereocenters. The van der Waals surface area contributed by atoms with E-state index in [9.17, 15) is 8.42 Å². The van der Waals surface area contributed by atoms with Crippen molar-refractivity contribution in [2.24, 2.45) is 11.7 Å². The molecule has 1 aromatic heterocycles. The Morgan fingerprint density at radius 3 is 2.53 bits per heavy atom. The van der Waals surface area contributed by atoms with Crippen molar-refractivity contribution in [2.45, 2.75) is 39.5 Å². The minimum absolute atomic E-state index is 0.0487. The molecule has 0 saturated heterocycles. The number of hydrogen-bond acceptors (Lipinski definition) is 4. The lowest BCUT2D eigenvalue weighted by Gasteiger charge is -2.10. The molecule has 0 aliphatic heterocycles. The van der Waals surface area contributed by atoms with Crippen LogP contribution in [0.15, 0.2) is 0 Å². The number of nitrogens with zero attached hydrogens (tertiary/aromatic N) is 2. The molecule has 0 bridgehead atoms. The standard InChI is InChI=1S/C12H22ClN3O2S/c1-4-10-12(13)11(16(5-2)15-10)8-19(17,18)7-9(3)6-14/h9H,4-8,14H2,1-3H3. The summed E-state index contributed by atoms with van der Waals surface area (Å²) in [6.07, 6.45) is 0.693. The van der Waals surface area contributed by atoms with E-state index in [1.807, 2.05) is 20.8 Å². The minimum Gasteiger partial charge on any atom is -0.330 e. The predicted molar refractivity (Wildman–Crippen MR) is 78.0 cm³/mol. The number of rotatable bonds is 7. The molecule has 110 valence electrons. The first-order valence-electron chi connectivity index (χ1n) is 6.49. The molecule has 0 aliphatic carbocycles. The fourth-order valence-electron chi connectivity index (χ4n) is 1.92. The van der Waals surface area contributed by atoms with Crippen molar-refractivity contribution in [3.63, 3.8) is 0 Å². The van der Waals surface area contributed by atoms with Gasteiger partial charge in [0.05, 0.1) is 27.9 Å². The molecule has 0 spiro atoms. The molecule has 19 heavy (non-hydrogen) atoms. The van der Waals surface area contributed by atoms with E-state index in [0.717, 1.165) is 5.69 Å². The fraction of sp³-hybridized carbons (Fsp3) is 0.750. The smallest absolute Gasteiger partial charge is 0.156 e. The fourth-order valence-corrected chi connectivity index (χ4v) is 4.17. The van der Waals surface area contributed by atoms with E-state index in [1.54, 1.807) is 4.68 Å². The third kappa shape index (κ3) is 4.19. The zero-order chi connectivity index (χ0) is 14.6. The van der Waals surface area contributed by atoms with Gasteiger partial charge in [0, 0.05) is 6.54 Å². The number of hydrogen-bond donors (Lipinski definition) is 1. The minimum atomic E-state index is -3.22. The Bertz CT molecular complexity index is 525. The van der Waals surface area contributed by atoms with E-state index in [-0.39, 0.29) is 17.4 Å². The van der Waals surface area contributed by atoms with Gasteiger partial charge in [-0.1, -0.05) is 25.4 Å². The van der Waals surface area contributed by atoms with Gasteiger partial charge in [0.1, 0.15) is 0 Å². The van der Waals surface area contributed by atoms with Gasteiger partial charge in [0.15, 0.2) is 9.84 Å². The molecule has 0 aliphatic rings. The number of halogens is 1. The van der Waals surface area contributed by atoms with E-state index in [4.69, 9.17) is 17.3 Å². The van der Waals surface area contributed by atoms with Crippen molar-refractivity contribution in [1.29, 1.82) is 0 Å². The van der Waals surface area contributed by atoms with Crippen molar-refractivity contribution >= 4 is 21.4 Å².